The molecule has 0 saturated carbocycles. The molecule has 1 saturated heterocycles. The highest BCUT2D eigenvalue weighted by molar-refractivity contribution is 8.01. The fourth-order valence-electron chi connectivity index (χ4n) is 2.31. The lowest BCUT2D eigenvalue weighted by molar-refractivity contribution is -0.133. The van der Waals surface area contributed by atoms with Crippen LogP contribution in [0.25, 0.3) is 0 Å². The minimum absolute atomic E-state index is 0.251. The van der Waals surface area contributed by atoms with Crippen molar-refractivity contribution < 1.29 is 9.18 Å². The van der Waals surface area contributed by atoms with Gasteiger partial charge in [0.15, 0.2) is 0 Å². The molecule has 0 bridgehead atoms. The maximum absolute atomic E-state index is 13.8. The van der Waals surface area contributed by atoms with Crippen LogP contribution in [-0.2, 0) is 11.3 Å². The molecule has 4 heteroatoms. The molecule has 1 heterocycles. The molecule has 0 aromatic heterocycles. The van der Waals surface area contributed by atoms with Gasteiger partial charge in [-0.05, 0) is 11.1 Å². The van der Waals surface area contributed by atoms with Crippen LogP contribution < -0.4 is 0 Å². The Morgan fingerprint density at radius 2 is 1.60 bits per heavy atom. The number of hydrogen-bond acceptors (Lipinski definition) is 2. The Hall–Kier alpha value is -1.81. The van der Waals surface area contributed by atoms with E-state index < -0.39 is 11.4 Å². The number of halogens is 1. The topological polar surface area (TPSA) is 20.3 Å². The van der Waals surface area contributed by atoms with Crippen molar-refractivity contribution in [2.45, 2.75) is 17.4 Å². The van der Waals surface area contributed by atoms with Crippen LogP contribution in [0.5, 0.6) is 0 Å². The minimum Gasteiger partial charge on any atom is -0.319 e. The van der Waals surface area contributed by atoms with Crippen molar-refractivity contribution in [3.8, 4) is 0 Å². The number of hydrogen-bond donors (Lipinski definition) is 0. The number of thioether (sulfide) groups is 1. The summed E-state index contributed by atoms with van der Waals surface area (Å²) in [5.74, 6) is -0.437. The highest BCUT2D eigenvalue weighted by Gasteiger charge is 2.41. The van der Waals surface area contributed by atoms with Crippen LogP contribution in [-0.4, -0.2) is 16.3 Å². The van der Waals surface area contributed by atoms with Crippen LogP contribution >= 0.6 is 11.8 Å². The summed E-state index contributed by atoms with van der Waals surface area (Å²) in [5, 5.41) is -0.251. The molecular formula is C16H14FNOS. The smallest absolute Gasteiger partial charge is 0.269 e. The molecule has 2 aromatic carbocycles. The van der Waals surface area contributed by atoms with Gasteiger partial charge in [0, 0.05) is 6.54 Å². The van der Waals surface area contributed by atoms with Gasteiger partial charge in [-0.15, -0.1) is 0 Å². The third-order valence-corrected chi connectivity index (χ3v) is 4.51. The number of alkyl halides is 1. The predicted octanol–water partition coefficient (Wildman–Crippen LogP) is 3.76. The normalized spacial score (nSPS) is 22.2. The van der Waals surface area contributed by atoms with Crippen molar-refractivity contribution >= 4 is 17.7 Å². The van der Waals surface area contributed by atoms with Crippen molar-refractivity contribution in [1.29, 1.82) is 0 Å². The van der Waals surface area contributed by atoms with E-state index in [-0.39, 0.29) is 5.37 Å². The number of carbonyl (C=O) groups is 1. The van der Waals surface area contributed by atoms with Crippen molar-refractivity contribution in [2.75, 3.05) is 0 Å². The summed E-state index contributed by atoms with van der Waals surface area (Å²) >= 11 is 1.06. The summed E-state index contributed by atoms with van der Waals surface area (Å²) in [6.45, 7) is 0.437. The lowest BCUT2D eigenvalue weighted by Crippen LogP contribution is -2.29. The summed E-state index contributed by atoms with van der Waals surface area (Å²) in [5.41, 5.74) is 0.502. The molecule has 0 N–H and O–H groups in total. The maximum Gasteiger partial charge on any atom is 0.269 e. The van der Waals surface area contributed by atoms with Crippen LogP contribution in [0.4, 0.5) is 4.39 Å². The first-order valence-corrected chi connectivity index (χ1v) is 7.39. The Kier molecular flexibility index (Phi) is 3.74. The third-order valence-electron chi connectivity index (χ3n) is 3.29. The molecule has 0 unspecified atom stereocenters. The van der Waals surface area contributed by atoms with Gasteiger partial charge in [0.1, 0.15) is 5.37 Å². The van der Waals surface area contributed by atoms with E-state index in [1.54, 1.807) is 4.90 Å². The second-order valence-corrected chi connectivity index (χ2v) is 5.80. The van der Waals surface area contributed by atoms with Crippen molar-refractivity contribution in [2.24, 2.45) is 0 Å². The van der Waals surface area contributed by atoms with E-state index in [9.17, 15) is 9.18 Å². The van der Waals surface area contributed by atoms with E-state index in [1.165, 1.54) is 0 Å². The SMILES string of the molecule is O=C1[C@@H](F)S[C@H](c2ccccc2)N1Cc1ccccc1. The van der Waals surface area contributed by atoms with Gasteiger partial charge in [-0.2, -0.15) is 0 Å². The Labute approximate surface area is 121 Å². The second-order valence-electron chi connectivity index (χ2n) is 4.67. The number of benzene rings is 2. The van der Waals surface area contributed by atoms with E-state index >= 15 is 0 Å². The van der Waals surface area contributed by atoms with Gasteiger partial charge in [-0.3, -0.25) is 4.79 Å². The molecule has 0 aliphatic carbocycles. The average molecular weight is 287 g/mol. The van der Waals surface area contributed by atoms with E-state index in [4.69, 9.17) is 0 Å². The molecule has 1 amide bonds. The Balaban J connectivity index is 1.87. The first-order valence-electron chi connectivity index (χ1n) is 6.44. The molecule has 1 aliphatic heterocycles. The van der Waals surface area contributed by atoms with Crippen molar-refractivity contribution in [3.05, 3.63) is 71.8 Å². The largest absolute Gasteiger partial charge is 0.319 e. The number of nitrogens with zero attached hydrogens (tertiary/aromatic N) is 1. The van der Waals surface area contributed by atoms with E-state index in [0.29, 0.717) is 6.54 Å². The molecule has 2 nitrogen and oxygen atoms in total. The number of rotatable bonds is 3. The first kappa shape index (κ1) is 13.2. The van der Waals surface area contributed by atoms with Crippen molar-refractivity contribution in [1.82, 2.24) is 4.90 Å². The third kappa shape index (κ3) is 2.56. The molecule has 0 spiro atoms. The summed E-state index contributed by atoms with van der Waals surface area (Å²) in [6, 6.07) is 19.3. The second kappa shape index (κ2) is 5.67. The summed E-state index contributed by atoms with van der Waals surface area (Å²) in [6.07, 6.45) is 0. The molecule has 102 valence electrons. The maximum atomic E-state index is 13.8. The Bertz CT molecular complexity index is 590. The zero-order valence-corrected chi connectivity index (χ0v) is 11.6. The molecule has 0 radical (unpaired) electrons. The summed E-state index contributed by atoms with van der Waals surface area (Å²) in [4.78, 5) is 13.6. The quantitative estimate of drug-likeness (QED) is 0.856. The van der Waals surface area contributed by atoms with E-state index in [2.05, 4.69) is 0 Å². The lowest BCUT2D eigenvalue weighted by Gasteiger charge is -2.23. The van der Waals surface area contributed by atoms with Gasteiger partial charge >= 0.3 is 0 Å². The minimum atomic E-state index is -1.47. The Morgan fingerprint density at radius 3 is 2.25 bits per heavy atom. The van der Waals surface area contributed by atoms with Crippen LogP contribution in [0.1, 0.15) is 16.5 Å². The highest BCUT2D eigenvalue weighted by Crippen LogP contribution is 2.44. The molecule has 1 fully saturated rings. The highest BCUT2D eigenvalue weighted by atomic mass is 32.2. The standard InChI is InChI=1S/C16H14FNOS/c17-14-15(19)18(11-12-7-3-1-4-8-12)16(20-14)13-9-5-2-6-10-13/h1-10,14,16H,11H2/t14-,16+/m0/s1. The van der Waals surface area contributed by atoms with Crippen molar-refractivity contribution in [3.63, 3.8) is 0 Å². The summed E-state index contributed by atoms with van der Waals surface area (Å²) in [7, 11) is 0. The molecular weight excluding hydrogens is 273 g/mol. The van der Waals surface area contributed by atoms with Gasteiger partial charge in [-0.25, -0.2) is 4.39 Å². The first-order chi connectivity index (χ1) is 9.75. The van der Waals surface area contributed by atoms with Gasteiger partial charge in [0.2, 0.25) is 5.50 Å². The fraction of sp³-hybridized carbons (Fsp3) is 0.188. The predicted molar refractivity (Wildman–Crippen MR) is 78.7 cm³/mol. The van der Waals surface area contributed by atoms with Crippen LogP contribution in [0.15, 0.2) is 60.7 Å². The molecule has 2 aromatic rings. The number of amides is 1. The monoisotopic (exact) mass is 287 g/mol. The number of carbonyl (C=O) groups excluding carboxylic acids is 1. The van der Waals surface area contributed by atoms with E-state index in [1.807, 2.05) is 60.7 Å². The average Bonchev–Trinajstić information content (AvgIpc) is 2.78. The molecule has 1 aliphatic rings. The molecule has 2 atom stereocenters. The van der Waals surface area contributed by atoms with Crippen LogP contribution in [0.3, 0.4) is 0 Å². The van der Waals surface area contributed by atoms with Gasteiger partial charge in [-0.1, -0.05) is 72.4 Å². The summed E-state index contributed by atoms with van der Waals surface area (Å²) < 4.78 is 13.8. The van der Waals surface area contributed by atoms with Crippen LogP contribution in [0, 0.1) is 0 Å². The zero-order chi connectivity index (χ0) is 13.9. The molecule has 20 heavy (non-hydrogen) atoms. The van der Waals surface area contributed by atoms with Gasteiger partial charge < -0.3 is 4.90 Å². The van der Waals surface area contributed by atoms with E-state index in [0.717, 1.165) is 22.9 Å². The lowest BCUT2D eigenvalue weighted by atomic mass is 10.1. The van der Waals surface area contributed by atoms with Gasteiger partial charge in [0.25, 0.3) is 5.91 Å². The van der Waals surface area contributed by atoms with Gasteiger partial charge in [0.05, 0.1) is 0 Å². The van der Waals surface area contributed by atoms with Crippen LogP contribution in [0.2, 0.25) is 0 Å². The zero-order valence-electron chi connectivity index (χ0n) is 10.8. The fourth-order valence-corrected chi connectivity index (χ4v) is 3.43. The molecule has 3 rings (SSSR count). The Morgan fingerprint density at radius 1 is 1.00 bits per heavy atom.